The van der Waals surface area contributed by atoms with E-state index in [9.17, 15) is 9.59 Å². The van der Waals surface area contributed by atoms with Gasteiger partial charge in [-0.2, -0.15) is 5.10 Å². The molecule has 2 aromatic carbocycles. The number of hydrogen-bond donors (Lipinski definition) is 1. The molecule has 1 aromatic heterocycles. The van der Waals surface area contributed by atoms with Crippen LogP contribution in [0.3, 0.4) is 0 Å². The number of carbonyl (C=O) groups is 1. The summed E-state index contributed by atoms with van der Waals surface area (Å²) < 4.78 is 12.9. The van der Waals surface area contributed by atoms with E-state index in [4.69, 9.17) is 9.47 Å². The first-order valence-corrected chi connectivity index (χ1v) is 10.3. The molecule has 0 aliphatic carbocycles. The highest BCUT2D eigenvalue weighted by molar-refractivity contribution is 14.1. The monoisotopic (exact) mass is 519 g/mol. The van der Waals surface area contributed by atoms with Crippen molar-refractivity contribution in [2.24, 2.45) is 0 Å². The van der Waals surface area contributed by atoms with Crippen LogP contribution < -0.4 is 20.3 Å². The van der Waals surface area contributed by atoms with Gasteiger partial charge in [0.15, 0.2) is 0 Å². The summed E-state index contributed by atoms with van der Waals surface area (Å²) in [7, 11) is 3.16. The first-order chi connectivity index (χ1) is 14.4. The molecule has 0 atom stereocenters. The zero-order valence-electron chi connectivity index (χ0n) is 16.9. The average Bonchev–Trinajstić information content (AvgIpc) is 2.72. The van der Waals surface area contributed by atoms with Crippen LogP contribution in [0.25, 0.3) is 0 Å². The lowest BCUT2D eigenvalue weighted by Crippen LogP contribution is -2.32. The van der Waals surface area contributed by atoms with E-state index in [2.05, 4.69) is 33.0 Å². The Morgan fingerprint density at radius 3 is 2.30 bits per heavy atom. The minimum Gasteiger partial charge on any atom is -0.497 e. The summed E-state index contributed by atoms with van der Waals surface area (Å²) in [4.78, 5) is 25.3. The van der Waals surface area contributed by atoms with Gasteiger partial charge >= 0.3 is 0 Å². The fraction of sp³-hybridized carbons (Fsp3) is 0.227. The fourth-order valence-corrected chi connectivity index (χ4v) is 3.40. The Hall–Kier alpha value is -2.88. The third-order valence-electron chi connectivity index (χ3n) is 4.40. The van der Waals surface area contributed by atoms with Gasteiger partial charge in [0.1, 0.15) is 18.0 Å². The SMILES string of the molecule is COc1cc(Cc2cc(C)nn(CC(=O)Nc3ccc(I)cc3)c2=O)cc(OC)c1. The van der Waals surface area contributed by atoms with E-state index in [1.54, 1.807) is 33.3 Å². The second kappa shape index (κ2) is 9.75. The molecule has 3 rings (SSSR count). The number of anilines is 1. The molecular weight excluding hydrogens is 497 g/mol. The van der Waals surface area contributed by atoms with Crippen molar-refractivity contribution in [2.75, 3.05) is 19.5 Å². The molecule has 0 bridgehead atoms. The number of amides is 1. The number of benzene rings is 2. The highest BCUT2D eigenvalue weighted by Crippen LogP contribution is 2.23. The van der Waals surface area contributed by atoms with Crippen molar-refractivity contribution in [1.29, 1.82) is 0 Å². The molecular formula is C22H22IN3O4. The van der Waals surface area contributed by atoms with E-state index < -0.39 is 0 Å². The molecule has 0 unspecified atom stereocenters. The largest absolute Gasteiger partial charge is 0.497 e. The number of ether oxygens (including phenoxy) is 2. The molecule has 156 valence electrons. The van der Waals surface area contributed by atoms with Gasteiger partial charge in [0.2, 0.25) is 5.91 Å². The predicted octanol–water partition coefficient (Wildman–Crippen LogP) is 3.40. The van der Waals surface area contributed by atoms with E-state index in [-0.39, 0.29) is 18.0 Å². The summed E-state index contributed by atoms with van der Waals surface area (Å²) in [5.41, 5.74) is 2.43. The molecule has 0 aliphatic rings. The minimum atomic E-state index is -0.314. The molecule has 1 heterocycles. The number of rotatable bonds is 7. The maximum absolute atomic E-state index is 12.9. The quantitative estimate of drug-likeness (QED) is 0.484. The van der Waals surface area contributed by atoms with Gasteiger partial charge in [-0.05, 0) is 77.5 Å². The van der Waals surface area contributed by atoms with E-state index in [0.717, 1.165) is 9.13 Å². The molecule has 7 nitrogen and oxygen atoms in total. The van der Waals surface area contributed by atoms with Crippen molar-refractivity contribution in [3.05, 3.63) is 79.3 Å². The van der Waals surface area contributed by atoms with Crippen LogP contribution >= 0.6 is 22.6 Å². The number of hydrogen-bond acceptors (Lipinski definition) is 5. The number of aryl methyl sites for hydroxylation is 1. The van der Waals surface area contributed by atoms with E-state index in [1.807, 2.05) is 36.4 Å². The Kier molecular flexibility index (Phi) is 7.09. The van der Waals surface area contributed by atoms with Gasteiger partial charge in [-0.15, -0.1) is 0 Å². The number of aromatic nitrogens is 2. The molecule has 1 amide bonds. The highest BCUT2D eigenvalue weighted by Gasteiger charge is 2.12. The van der Waals surface area contributed by atoms with Crippen LogP contribution in [0.15, 0.2) is 53.3 Å². The van der Waals surface area contributed by atoms with Gasteiger partial charge in [0, 0.05) is 27.3 Å². The summed E-state index contributed by atoms with van der Waals surface area (Å²) >= 11 is 2.19. The zero-order valence-corrected chi connectivity index (χ0v) is 19.1. The van der Waals surface area contributed by atoms with Crippen molar-refractivity contribution in [3.63, 3.8) is 0 Å². The molecule has 30 heavy (non-hydrogen) atoms. The van der Waals surface area contributed by atoms with Crippen molar-refractivity contribution in [1.82, 2.24) is 9.78 Å². The predicted molar refractivity (Wildman–Crippen MR) is 123 cm³/mol. The zero-order chi connectivity index (χ0) is 21.7. The Bertz CT molecular complexity index is 1090. The third-order valence-corrected chi connectivity index (χ3v) is 5.12. The van der Waals surface area contributed by atoms with Crippen molar-refractivity contribution in [3.8, 4) is 11.5 Å². The third kappa shape index (κ3) is 5.59. The first-order valence-electron chi connectivity index (χ1n) is 9.23. The molecule has 1 N–H and O–H groups in total. The molecule has 0 radical (unpaired) electrons. The molecule has 0 aliphatic heterocycles. The van der Waals surface area contributed by atoms with Crippen molar-refractivity contribution >= 4 is 34.2 Å². The smallest absolute Gasteiger partial charge is 0.270 e. The van der Waals surface area contributed by atoms with Crippen LogP contribution in [0, 0.1) is 10.5 Å². The lowest BCUT2D eigenvalue weighted by molar-refractivity contribution is -0.117. The Labute approximate surface area is 188 Å². The van der Waals surface area contributed by atoms with Crippen LogP contribution in [0.5, 0.6) is 11.5 Å². The van der Waals surface area contributed by atoms with Gasteiger partial charge < -0.3 is 14.8 Å². The van der Waals surface area contributed by atoms with Crippen LogP contribution in [0.4, 0.5) is 5.69 Å². The summed E-state index contributed by atoms with van der Waals surface area (Å²) in [6.07, 6.45) is 0.370. The highest BCUT2D eigenvalue weighted by atomic mass is 127. The molecule has 0 saturated carbocycles. The number of nitrogens with zero attached hydrogens (tertiary/aromatic N) is 2. The molecule has 0 fully saturated rings. The van der Waals surface area contributed by atoms with E-state index >= 15 is 0 Å². The van der Waals surface area contributed by atoms with Crippen LogP contribution in [-0.4, -0.2) is 29.9 Å². The standard InChI is InChI=1S/C22H22IN3O4/c1-14-8-16(9-15-10-19(29-2)12-20(11-15)30-3)22(28)26(25-14)13-21(27)24-18-6-4-17(23)5-7-18/h4-8,10-12H,9,13H2,1-3H3,(H,24,27). The molecule has 0 spiro atoms. The van der Waals surface area contributed by atoms with Gasteiger partial charge in [0.25, 0.3) is 5.56 Å². The second-order valence-electron chi connectivity index (χ2n) is 6.73. The summed E-state index contributed by atoms with van der Waals surface area (Å²) in [6.45, 7) is 1.63. The fourth-order valence-electron chi connectivity index (χ4n) is 3.04. The lowest BCUT2D eigenvalue weighted by Gasteiger charge is -2.11. The number of methoxy groups -OCH3 is 2. The number of halogens is 1. The Balaban J connectivity index is 1.82. The maximum Gasteiger partial charge on any atom is 0.270 e. The first kappa shape index (κ1) is 21.8. The lowest BCUT2D eigenvalue weighted by atomic mass is 10.1. The Morgan fingerprint density at radius 1 is 1.07 bits per heavy atom. The van der Waals surface area contributed by atoms with E-state index in [1.165, 1.54) is 4.68 Å². The summed E-state index contributed by atoms with van der Waals surface area (Å²) in [5.74, 6) is 0.977. The summed E-state index contributed by atoms with van der Waals surface area (Å²) in [5, 5.41) is 7.02. The van der Waals surface area contributed by atoms with Crippen LogP contribution in [0.2, 0.25) is 0 Å². The number of nitrogens with one attached hydrogen (secondary N) is 1. The van der Waals surface area contributed by atoms with Crippen LogP contribution in [-0.2, 0) is 17.8 Å². The normalized spacial score (nSPS) is 10.5. The van der Waals surface area contributed by atoms with Crippen LogP contribution in [0.1, 0.15) is 16.8 Å². The molecule has 3 aromatic rings. The van der Waals surface area contributed by atoms with Crippen molar-refractivity contribution < 1.29 is 14.3 Å². The second-order valence-corrected chi connectivity index (χ2v) is 7.97. The van der Waals surface area contributed by atoms with Gasteiger partial charge in [-0.3, -0.25) is 9.59 Å². The Morgan fingerprint density at radius 2 is 1.70 bits per heavy atom. The van der Waals surface area contributed by atoms with E-state index in [0.29, 0.717) is 34.9 Å². The van der Waals surface area contributed by atoms with Crippen molar-refractivity contribution in [2.45, 2.75) is 19.9 Å². The van der Waals surface area contributed by atoms with Gasteiger partial charge in [-0.25, -0.2) is 4.68 Å². The minimum absolute atomic E-state index is 0.166. The topological polar surface area (TPSA) is 82.5 Å². The molecule has 8 heteroatoms. The van der Waals surface area contributed by atoms with Gasteiger partial charge in [-0.1, -0.05) is 0 Å². The average molecular weight is 519 g/mol. The maximum atomic E-state index is 12.9. The number of carbonyl (C=O) groups excluding carboxylic acids is 1. The van der Waals surface area contributed by atoms with Gasteiger partial charge in [0.05, 0.1) is 19.9 Å². The summed E-state index contributed by atoms with van der Waals surface area (Å²) in [6, 6.07) is 14.6. The molecule has 0 saturated heterocycles.